The first-order chi connectivity index (χ1) is 9.85. The van der Waals surface area contributed by atoms with Gasteiger partial charge < -0.3 is 5.32 Å². The number of rotatable bonds is 4. The molecule has 1 saturated heterocycles. The van der Waals surface area contributed by atoms with E-state index in [0.717, 1.165) is 26.1 Å². The van der Waals surface area contributed by atoms with Crippen molar-refractivity contribution in [3.63, 3.8) is 0 Å². The third kappa shape index (κ3) is 3.92. The molecule has 2 unspecified atom stereocenters. The third-order valence-corrected chi connectivity index (χ3v) is 5.59. The lowest BCUT2D eigenvalue weighted by Crippen LogP contribution is -2.63. The second-order valence-corrected chi connectivity index (χ2v) is 7.53. The predicted molar refractivity (Wildman–Crippen MR) is 92.2 cm³/mol. The molecular formula is C17H26Cl2N2. The SMILES string of the molecule is CCC1(C)CNC(C(C)C)CN1Cc1ccc(Cl)c(Cl)c1. The number of piperazine rings is 1. The lowest BCUT2D eigenvalue weighted by molar-refractivity contribution is 0.0317. The summed E-state index contributed by atoms with van der Waals surface area (Å²) in [6.45, 7) is 12.2. The van der Waals surface area contributed by atoms with Gasteiger partial charge in [-0.15, -0.1) is 0 Å². The van der Waals surface area contributed by atoms with Gasteiger partial charge in [-0.1, -0.05) is 50.0 Å². The van der Waals surface area contributed by atoms with Gasteiger partial charge in [0.15, 0.2) is 0 Å². The molecule has 2 atom stereocenters. The Bertz CT molecular complexity index is 490. The molecule has 2 nitrogen and oxygen atoms in total. The smallest absolute Gasteiger partial charge is 0.0595 e. The predicted octanol–water partition coefficient (Wildman–Crippen LogP) is 4.59. The van der Waals surface area contributed by atoms with Crippen LogP contribution in [-0.2, 0) is 6.54 Å². The van der Waals surface area contributed by atoms with E-state index in [1.165, 1.54) is 5.56 Å². The maximum atomic E-state index is 6.15. The summed E-state index contributed by atoms with van der Waals surface area (Å²) >= 11 is 12.2. The minimum atomic E-state index is 0.192. The Morgan fingerprint density at radius 1 is 1.33 bits per heavy atom. The largest absolute Gasteiger partial charge is 0.311 e. The Labute approximate surface area is 138 Å². The number of nitrogens with one attached hydrogen (secondary N) is 1. The van der Waals surface area contributed by atoms with Crippen LogP contribution in [0.15, 0.2) is 18.2 Å². The Kier molecular flexibility index (Phi) is 5.59. The Balaban J connectivity index is 2.17. The molecule has 1 aromatic carbocycles. The van der Waals surface area contributed by atoms with Gasteiger partial charge in [-0.25, -0.2) is 0 Å². The van der Waals surface area contributed by atoms with Gasteiger partial charge >= 0.3 is 0 Å². The molecule has 1 N–H and O–H groups in total. The van der Waals surface area contributed by atoms with E-state index < -0.39 is 0 Å². The summed E-state index contributed by atoms with van der Waals surface area (Å²) in [7, 11) is 0. The molecule has 0 aromatic heterocycles. The van der Waals surface area contributed by atoms with E-state index in [0.29, 0.717) is 22.0 Å². The van der Waals surface area contributed by atoms with E-state index >= 15 is 0 Å². The van der Waals surface area contributed by atoms with Gasteiger partial charge in [0.1, 0.15) is 0 Å². The number of hydrogen-bond acceptors (Lipinski definition) is 2. The van der Waals surface area contributed by atoms with Gasteiger partial charge in [0.2, 0.25) is 0 Å². The zero-order valence-electron chi connectivity index (χ0n) is 13.4. The van der Waals surface area contributed by atoms with Gasteiger partial charge in [0.05, 0.1) is 10.0 Å². The summed E-state index contributed by atoms with van der Waals surface area (Å²) in [5.41, 5.74) is 1.42. The molecule has 2 rings (SSSR count). The molecule has 4 heteroatoms. The third-order valence-electron chi connectivity index (χ3n) is 4.85. The van der Waals surface area contributed by atoms with Crippen molar-refractivity contribution in [1.29, 1.82) is 0 Å². The lowest BCUT2D eigenvalue weighted by Gasteiger charge is -2.49. The van der Waals surface area contributed by atoms with Crippen molar-refractivity contribution in [2.75, 3.05) is 13.1 Å². The number of hydrogen-bond donors (Lipinski definition) is 1. The van der Waals surface area contributed by atoms with E-state index in [1.807, 2.05) is 12.1 Å². The van der Waals surface area contributed by atoms with E-state index in [2.05, 4.69) is 44.0 Å². The van der Waals surface area contributed by atoms with Crippen LogP contribution >= 0.6 is 23.2 Å². The van der Waals surface area contributed by atoms with Gasteiger partial charge in [0.25, 0.3) is 0 Å². The van der Waals surface area contributed by atoms with Crippen LogP contribution in [0.25, 0.3) is 0 Å². The maximum Gasteiger partial charge on any atom is 0.0595 e. The highest BCUT2D eigenvalue weighted by molar-refractivity contribution is 6.42. The normalized spacial score (nSPS) is 27.3. The summed E-state index contributed by atoms with van der Waals surface area (Å²) in [6, 6.07) is 6.51. The van der Waals surface area contributed by atoms with Gasteiger partial charge in [-0.3, -0.25) is 4.90 Å². The highest BCUT2D eigenvalue weighted by Gasteiger charge is 2.37. The van der Waals surface area contributed by atoms with Crippen molar-refractivity contribution in [3.05, 3.63) is 33.8 Å². The second-order valence-electron chi connectivity index (χ2n) is 6.71. The second kappa shape index (κ2) is 6.87. The Morgan fingerprint density at radius 2 is 2.05 bits per heavy atom. The number of benzene rings is 1. The summed E-state index contributed by atoms with van der Waals surface area (Å²) < 4.78 is 0. The van der Waals surface area contributed by atoms with Crippen LogP contribution in [0.3, 0.4) is 0 Å². The Morgan fingerprint density at radius 3 is 2.62 bits per heavy atom. The van der Waals surface area contributed by atoms with Gasteiger partial charge in [-0.2, -0.15) is 0 Å². The molecule has 1 aliphatic heterocycles. The van der Waals surface area contributed by atoms with E-state index in [9.17, 15) is 0 Å². The molecular weight excluding hydrogens is 303 g/mol. The van der Waals surface area contributed by atoms with E-state index in [4.69, 9.17) is 23.2 Å². The van der Waals surface area contributed by atoms with Crippen LogP contribution < -0.4 is 5.32 Å². The first-order valence-electron chi connectivity index (χ1n) is 7.78. The number of nitrogens with zero attached hydrogens (tertiary/aromatic N) is 1. The molecule has 1 fully saturated rings. The minimum absolute atomic E-state index is 0.192. The van der Waals surface area contributed by atoms with Crippen LogP contribution in [0, 0.1) is 5.92 Å². The fourth-order valence-corrected chi connectivity index (χ4v) is 3.21. The molecule has 0 radical (unpaired) electrons. The highest BCUT2D eigenvalue weighted by atomic mass is 35.5. The van der Waals surface area contributed by atoms with Crippen molar-refractivity contribution in [3.8, 4) is 0 Å². The van der Waals surface area contributed by atoms with Crippen LogP contribution in [0.4, 0.5) is 0 Å². The van der Waals surface area contributed by atoms with Crippen LogP contribution in [-0.4, -0.2) is 29.6 Å². The zero-order valence-corrected chi connectivity index (χ0v) is 14.9. The standard InChI is InChI=1S/C17H26Cl2N2/c1-5-17(4)11-20-16(12(2)3)10-21(17)9-13-6-7-14(18)15(19)8-13/h6-8,12,16,20H,5,9-11H2,1-4H3. The molecule has 21 heavy (non-hydrogen) atoms. The molecule has 118 valence electrons. The molecule has 0 spiro atoms. The number of halogens is 2. The van der Waals surface area contributed by atoms with E-state index in [1.54, 1.807) is 0 Å². The topological polar surface area (TPSA) is 15.3 Å². The monoisotopic (exact) mass is 328 g/mol. The molecule has 0 aliphatic carbocycles. The molecule has 0 bridgehead atoms. The van der Waals surface area contributed by atoms with Crippen LogP contribution in [0.5, 0.6) is 0 Å². The first-order valence-corrected chi connectivity index (χ1v) is 8.53. The highest BCUT2D eigenvalue weighted by Crippen LogP contribution is 2.29. The maximum absolute atomic E-state index is 6.15. The fraction of sp³-hybridized carbons (Fsp3) is 0.647. The van der Waals surface area contributed by atoms with Crippen molar-refractivity contribution in [1.82, 2.24) is 10.2 Å². The summed E-state index contributed by atoms with van der Waals surface area (Å²) in [4.78, 5) is 2.59. The molecule has 1 heterocycles. The average Bonchev–Trinajstić information content (AvgIpc) is 2.45. The van der Waals surface area contributed by atoms with Gasteiger partial charge in [-0.05, 0) is 37.0 Å². The minimum Gasteiger partial charge on any atom is -0.311 e. The molecule has 1 aromatic rings. The molecule has 0 amide bonds. The quantitative estimate of drug-likeness (QED) is 0.869. The summed E-state index contributed by atoms with van der Waals surface area (Å²) in [5.74, 6) is 0.641. The zero-order chi connectivity index (χ0) is 15.6. The fourth-order valence-electron chi connectivity index (χ4n) is 2.89. The van der Waals surface area contributed by atoms with Crippen molar-refractivity contribution in [2.45, 2.75) is 52.2 Å². The van der Waals surface area contributed by atoms with Crippen molar-refractivity contribution in [2.24, 2.45) is 5.92 Å². The lowest BCUT2D eigenvalue weighted by atomic mass is 9.89. The van der Waals surface area contributed by atoms with E-state index in [-0.39, 0.29) is 5.54 Å². The van der Waals surface area contributed by atoms with Crippen LogP contribution in [0.1, 0.15) is 39.7 Å². The van der Waals surface area contributed by atoms with Crippen LogP contribution in [0.2, 0.25) is 10.0 Å². The summed E-state index contributed by atoms with van der Waals surface area (Å²) in [6.07, 6.45) is 1.13. The summed E-state index contributed by atoms with van der Waals surface area (Å²) in [5, 5.41) is 4.97. The Hall–Kier alpha value is -0.280. The first kappa shape index (κ1) is 17.1. The molecule has 0 saturated carbocycles. The van der Waals surface area contributed by atoms with Gasteiger partial charge in [0, 0.05) is 31.2 Å². The average molecular weight is 329 g/mol. The van der Waals surface area contributed by atoms with Crippen molar-refractivity contribution < 1.29 is 0 Å². The van der Waals surface area contributed by atoms with Crippen molar-refractivity contribution >= 4 is 23.2 Å². The molecule has 1 aliphatic rings.